The summed E-state index contributed by atoms with van der Waals surface area (Å²) in [5.41, 5.74) is 8.86. The number of hydrogen-bond acceptors (Lipinski definition) is 2. The Morgan fingerprint density at radius 2 is 1.71 bits per heavy atom. The first-order chi connectivity index (χ1) is 16.4. The van der Waals surface area contributed by atoms with E-state index in [1.165, 1.54) is 16.7 Å². The SMILES string of the molecule is CC(C)(C)c1ccc(C2CC2C(=O)NN=Cc2cn(Cc3ccccc3)c3ccccc23)cc1. The average Bonchev–Trinajstić information content (AvgIpc) is 3.57. The number of benzene rings is 3. The molecule has 172 valence electrons. The maximum Gasteiger partial charge on any atom is 0.243 e. The highest BCUT2D eigenvalue weighted by Crippen LogP contribution is 2.47. The van der Waals surface area contributed by atoms with Gasteiger partial charge < -0.3 is 4.57 Å². The van der Waals surface area contributed by atoms with Crippen LogP contribution in [0, 0.1) is 5.92 Å². The summed E-state index contributed by atoms with van der Waals surface area (Å²) >= 11 is 0. The molecule has 1 aliphatic carbocycles. The fraction of sp³-hybridized carbons (Fsp3) is 0.267. The molecule has 1 fully saturated rings. The molecular formula is C30H31N3O. The summed E-state index contributed by atoms with van der Waals surface area (Å²) in [7, 11) is 0. The van der Waals surface area contributed by atoms with Crippen LogP contribution >= 0.6 is 0 Å². The molecule has 4 nitrogen and oxygen atoms in total. The summed E-state index contributed by atoms with van der Waals surface area (Å²) in [6, 6.07) is 27.4. The normalized spacial score (nSPS) is 17.9. The Balaban J connectivity index is 1.25. The molecule has 0 aliphatic heterocycles. The fourth-order valence-corrected chi connectivity index (χ4v) is 4.62. The molecule has 5 rings (SSSR count). The van der Waals surface area contributed by atoms with Crippen LogP contribution in [0.15, 0.2) is 90.2 Å². The molecule has 4 heteroatoms. The van der Waals surface area contributed by atoms with E-state index in [4.69, 9.17) is 0 Å². The molecule has 0 bridgehead atoms. The Hall–Kier alpha value is -3.66. The van der Waals surface area contributed by atoms with Crippen molar-refractivity contribution in [1.82, 2.24) is 9.99 Å². The van der Waals surface area contributed by atoms with Crippen LogP contribution in [-0.2, 0) is 16.8 Å². The zero-order valence-electron chi connectivity index (χ0n) is 20.0. The third-order valence-electron chi connectivity index (χ3n) is 6.73. The smallest absolute Gasteiger partial charge is 0.243 e. The maximum atomic E-state index is 12.7. The van der Waals surface area contributed by atoms with E-state index < -0.39 is 0 Å². The van der Waals surface area contributed by atoms with Crippen LogP contribution < -0.4 is 5.43 Å². The van der Waals surface area contributed by atoms with E-state index >= 15 is 0 Å². The predicted octanol–water partition coefficient (Wildman–Crippen LogP) is 6.24. The first-order valence-electron chi connectivity index (χ1n) is 12.0. The molecule has 1 aromatic heterocycles. The molecule has 4 aromatic rings. The van der Waals surface area contributed by atoms with Gasteiger partial charge in [0.25, 0.3) is 0 Å². The van der Waals surface area contributed by atoms with Gasteiger partial charge in [-0.25, -0.2) is 5.43 Å². The first-order valence-corrected chi connectivity index (χ1v) is 12.0. The highest BCUT2D eigenvalue weighted by atomic mass is 16.2. The number of para-hydroxylation sites is 1. The van der Waals surface area contributed by atoms with Gasteiger partial charge in [0.15, 0.2) is 0 Å². The molecular weight excluding hydrogens is 418 g/mol. The lowest BCUT2D eigenvalue weighted by atomic mass is 9.86. The average molecular weight is 450 g/mol. The van der Waals surface area contributed by atoms with Crippen molar-refractivity contribution in [2.24, 2.45) is 11.0 Å². The molecule has 1 amide bonds. The maximum absolute atomic E-state index is 12.7. The zero-order chi connectivity index (χ0) is 23.7. The molecule has 1 aliphatic rings. The van der Waals surface area contributed by atoms with Crippen molar-refractivity contribution >= 4 is 23.0 Å². The summed E-state index contributed by atoms with van der Waals surface area (Å²) in [5, 5.41) is 5.43. The third kappa shape index (κ3) is 4.67. The minimum Gasteiger partial charge on any atom is -0.342 e. The lowest BCUT2D eigenvalue weighted by molar-refractivity contribution is -0.122. The van der Waals surface area contributed by atoms with Crippen LogP contribution in [0.5, 0.6) is 0 Å². The lowest BCUT2D eigenvalue weighted by Crippen LogP contribution is -2.20. The first kappa shape index (κ1) is 22.1. The molecule has 0 spiro atoms. The highest BCUT2D eigenvalue weighted by molar-refractivity contribution is 5.99. The van der Waals surface area contributed by atoms with Gasteiger partial charge >= 0.3 is 0 Å². The number of carbonyl (C=O) groups excluding carboxylic acids is 1. The van der Waals surface area contributed by atoms with Gasteiger partial charge in [0.05, 0.1) is 6.21 Å². The molecule has 1 N–H and O–H groups in total. The highest BCUT2D eigenvalue weighted by Gasteiger charge is 2.44. The van der Waals surface area contributed by atoms with Crippen molar-refractivity contribution in [3.8, 4) is 0 Å². The third-order valence-corrected chi connectivity index (χ3v) is 6.73. The number of nitrogens with zero attached hydrogens (tertiary/aromatic N) is 2. The second kappa shape index (κ2) is 8.94. The lowest BCUT2D eigenvalue weighted by Gasteiger charge is -2.19. The number of hydrogen-bond donors (Lipinski definition) is 1. The second-order valence-corrected chi connectivity index (χ2v) is 10.3. The van der Waals surface area contributed by atoms with Crippen molar-refractivity contribution in [2.45, 2.75) is 45.1 Å². The number of hydrazone groups is 1. The molecule has 1 saturated carbocycles. The van der Waals surface area contributed by atoms with E-state index in [9.17, 15) is 4.79 Å². The number of amides is 1. The van der Waals surface area contributed by atoms with Crippen LogP contribution in [-0.4, -0.2) is 16.7 Å². The van der Waals surface area contributed by atoms with Crippen LogP contribution in [0.4, 0.5) is 0 Å². The van der Waals surface area contributed by atoms with Crippen LogP contribution in [0.3, 0.4) is 0 Å². The van der Waals surface area contributed by atoms with Gasteiger partial charge in [-0.1, -0.05) is 93.6 Å². The van der Waals surface area contributed by atoms with Crippen molar-refractivity contribution in [1.29, 1.82) is 0 Å². The fourth-order valence-electron chi connectivity index (χ4n) is 4.62. The van der Waals surface area contributed by atoms with Crippen molar-refractivity contribution in [3.63, 3.8) is 0 Å². The van der Waals surface area contributed by atoms with E-state index in [2.05, 4.69) is 103 Å². The standard InChI is InChI=1S/C30H31N3O/c1-30(2,3)24-15-13-22(14-16-24)26-17-27(26)29(34)32-31-18-23-20-33(19-21-9-5-4-6-10-21)28-12-8-7-11-25(23)28/h4-16,18,20,26-27H,17,19H2,1-3H3,(H,32,34). The van der Waals surface area contributed by atoms with Crippen molar-refractivity contribution in [3.05, 3.63) is 107 Å². The van der Waals surface area contributed by atoms with Gasteiger partial charge in [0, 0.05) is 35.1 Å². The molecule has 1 heterocycles. The minimum atomic E-state index is -0.00540. The predicted molar refractivity (Wildman–Crippen MR) is 139 cm³/mol. The van der Waals surface area contributed by atoms with E-state index in [1.807, 2.05) is 18.2 Å². The summed E-state index contributed by atoms with van der Waals surface area (Å²) < 4.78 is 2.23. The number of rotatable bonds is 6. The van der Waals surface area contributed by atoms with Gasteiger partial charge in [-0.05, 0) is 40.5 Å². The molecule has 0 radical (unpaired) electrons. The van der Waals surface area contributed by atoms with E-state index in [0.717, 1.165) is 29.4 Å². The molecule has 3 aromatic carbocycles. The van der Waals surface area contributed by atoms with Gasteiger partial charge in [0.2, 0.25) is 5.91 Å². The Kier molecular flexibility index (Phi) is 5.82. The summed E-state index contributed by atoms with van der Waals surface area (Å²) in [6.45, 7) is 7.44. The van der Waals surface area contributed by atoms with Gasteiger partial charge in [-0.2, -0.15) is 5.10 Å². The quantitative estimate of drug-likeness (QED) is 0.275. The van der Waals surface area contributed by atoms with Gasteiger partial charge in [-0.3, -0.25) is 4.79 Å². The van der Waals surface area contributed by atoms with E-state index in [1.54, 1.807) is 6.21 Å². The molecule has 0 saturated heterocycles. The van der Waals surface area contributed by atoms with Crippen LogP contribution in [0.1, 0.15) is 55.4 Å². The Morgan fingerprint density at radius 1 is 1.00 bits per heavy atom. The van der Waals surface area contributed by atoms with Crippen molar-refractivity contribution in [2.75, 3.05) is 0 Å². The van der Waals surface area contributed by atoms with Gasteiger partial charge in [-0.15, -0.1) is 0 Å². The molecule has 2 atom stereocenters. The molecule has 34 heavy (non-hydrogen) atoms. The van der Waals surface area contributed by atoms with Gasteiger partial charge in [0.1, 0.15) is 0 Å². The van der Waals surface area contributed by atoms with Crippen LogP contribution in [0.25, 0.3) is 10.9 Å². The number of carbonyl (C=O) groups is 1. The van der Waals surface area contributed by atoms with Crippen LogP contribution in [0.2, 0.25) is 0 Å². The largest absolute Gasteiger partial charge is 0.342 e. The van der Waals surface area contributed by atoms with E-state index in [0.29, 0.717) is 0 Å². The number of fused-ring (bicyclic) bond motifs is 1. The van der Waals surface area contributed by atoms with E-state index in [-0.39, 0.29) is 23.2 Å². The number of nitrogens with one attached hydrogen (secondary N) is 1. The second-order valence-electron chi connectivity index (χ2n) is 10.3. The summed E-state index contributed by atoms with van der Waals surface area (Å²) in [4.78, 5) is 12.7. The number of aromatic nitrogens is 1. The minimum absolute atomic E-state index is 0.00272. The summed E-state index contributed by atoms with van der Waals surface area (Å²) in [5.74, 6) is 0.281. The Morgan fingerprint density at radius 3 is 2.44 bits per heavy atom. The Labute approximate surface area is 201 Å². The Bertz CT molecular complexity index is 1330. The topological polar surface area (TPSA) is 46.4 Å². The summed E-state index contributed by atoms with van der Waals surface area (Å²) in [6.07, 6.45) is 4.74. The zero-order valence-corrected chi connectivity index (χ0v) is 20.0. The van der Waals surface area contributed by atoms with Crippen molar-refractivity contribution < 1.29 is 4.79 Å². The molecule has 2 unspecified atom stereocenters. The monoisotopic (exact) mass is 449 g/mol.